The predicted molar refractivity (Wildman–Crippen MR) is 73.1 cm³/mol. The quantitative estimate of drug-likeness (QED) is 0.939. The van der Waals surface area contributed by atoms with Crippen LogP contribution in [0.4, 0.5) is 4.39 Å². The van der Waals surface area contributed by atoms with E-state index >= 15 is 0 Å². The van der Waals surface area contributed by atoms with Gasteiger partial charge in [-0.2, -0.15) is 0 Å². The van der Waals surface area contributed by atoms with Crippen LogP contribution in [0.2, 0.25) is 0 Å². The highest BCUT2D eigenvalue weighted by molar-refractivity contribution is 9.10. The topological polar surface area (TPSA) is 35.2 Å². The van der Waals surface area contributed by atoms with Crippen LogP contribution < -0.4 is 10.5 Å². The van der Waals surface area contributed by atoms with Crippen molar-refractivity contribution >= 4 is 15.9 Å². The summed E-state index contributed by atoms with van der Waals surface area (Å²) < 4.78 is 19.8. The average Bonchev–Trinajstić information content (AvgIpc) is 2.38. The Hall–Kier alpha value is -1.39. The van der Waals surface area contributed by atoms with Crippen molar-refractivity contribution in [3.63, 3.8) is 0 Å². The molecule has 0 amide bonds. The van der Waals surface area contributed by atoms with Gasteiger partial charge in [0.05, 0.1) is 13.2 Å². The van der Waals surface area contributed by atoms with Crippen molar-refractivity contribution < 1.29 is 9.13 Å². The van der Waals surface area contributed by atoms with Gasteiger partial charge in [-0.05, 0) is 18.2 Å². The molecule has 2 nitrogen and oxygen atoms in total. The Morgan fingerprint density at radius 1 is 1.17 bits per heavy atom. The maximum atomic E-state index is 13.9. The van der Waals surface area contributed by atoms with Gasteiger partial charge >= 0.3 is 0 Å². The molecule has 0 aliphatic heterocycles. The Bertz CT molecular complexity index is 539. The van der Waals surface area contributed by atoms with E-state index in [0.29, 0.717) is 15.8 Å². The van der Waals surface area contributed by atoms with Crippen LogP contribution in [0.5, 0.6) is 5.75 Å². The molecule has 2 aromatic rings. The van der Waals surface area contributed by atoms with Crippen molar-refractivity contribution in [2.75, 3.05) is 7.11 Å². The lowest BCUT2D eigenvalue weighted by Crippen LogP contribution is -2.15. The molecule has 0 fully saturated rings. The Balaban J connectivity index is 2.51. The molecular weight excluding hydrogens is 297 g/mol. The lowest BCUT2D eigenvalue weighted by Gasteiger charge is -2.17. The molecule has 0 bridgehead atoms. The largest absolute Gasteiger partial charge is 0.496 e. The highest BCUT2D eigenvalue weighted by atomic mass is 79.9. The first-order valence-corrected chi connectivity index (χ1v) is 6.27. The van der Waals surface area contributed by atoms with Crippen LogP contribution in [0.15, 0.2) is 46.9 Å². The van der Waals surface area contributed by atoms with Gasteiger partial charge in [-0.3, -0.25) is 0 Å². The monoisotopic (exact) mass is 309 g/mol. The number of benzene rings is 2. The van der Waals surface area contributed by atoms with Gasteiger partial charge in [0, 0.05) is 15.6 Å². The van der Waals surface area contributed by atoms with Crippen molar-refractivity contribution in [2.45, 2.75) is 6.04 Å². The fourth-order valence-electron chi connectivity index (χ4n) is 1.89. The Morgan fingerprint density at radius 3 is 2.56 bits per heavy atom. The number of halogens is 2. The zero-order chi connectivity index (χ0) is 13.1. The summed E-state index contributed by atoms with van der Waals surface area (Å²) in [5.74, 6) is 0.322. The van der Waals surface area contributed by atoms with Crippen LogP contribution in [0, 0.1) is 5.82 Å². The summed E-state index contributed by atoms with van der Waals surface area (Å²) in [4.78, 5) is 0. The van der Waals surface area contributed by atoms with E-state index < -0.39 is 6.04 Å². The van der Waals surface area contributed by atoms with Crippen LogP contribution in [0.1, 0.15) is 17.2 Å². The first kappa shape index (κ1) is 13.1. The van der Waals surface area contributed by atoms with E-state index in [9.17, 15) is 4.39 Å². The highest BCUT2D eigenvalue weighted by Gasteiger charge is 2.19. The first-order chi connectivity index (χ1) is 8.65. The van der Waals surface area contributed by atoms with Gasteiger partial charge in [-0.15, -0.1) is 0 Å². The molecule has 1 atom stereocenters. The van der Waals surface area contributed by atoms with Crippen molar-refractivity contribution in [3.05, 3.63) is 63.9 Å². The number of hydrogen-bond donors (Lipinski definition) is 1. The maximum absolute atomic E-state index is 13.9. The number of para-hydroxylation sites is 1. The molecule has 0 saturated carbocycles. The predicted octanol–water partition coefficient (Wildman–Crippen LogP) is 3.64. The zero-order valence-electron chi connectivity index (χ0n) is 9.86. The summed E-state index contributed by atoms with van der Waals surface area (Å²) in [6, 6.07) is 11.6. The number of ether oxygens (including phenoxy) is 1. The molecule has 0 radical (unpaired) electrons. The minimum Gasteiger partial charge on any atom is -0.496 e. The number of rotatable bonds is 3. The van der Waals surface area contributed by atoms with Crippen LogP contribution in [-0.2, 0) is 0 Å². The molecule has 0 heterocycles. The van der Waals surface area contributed by atoms with E-state index in [4.69, 9.17) is 10.5 Å². The lowest BCUT2D eigenvalue weighted by atomic mass is 9.98. The number of nitrogens with two attached hydrogens (primary N) is 1. The van der Waals surface area contributed by atoms with Gasteiger partial charge in [-0.25, -0.2) is 4.39 Å². The fourth-order valence-corrected chi connectivity index (χ4v) is 2.48. The third-order valence-electron chi connectivity index (χ3n) is 2.78. The van der Waals surface area contributed by atoms with Crippen molar-refractivity contribution in [3.8, 4) is 5.75 Å². The molecule has 4 heteroatoms. The van der Waals surface area contributed by atoms with E-state index in [1.54, 1.807) is 19.2 Å². The lowest BCUT2D eigenvalue weighted by molar-refractivity contribution is 0.407. The van der Waals surface area contributed by atoms with Crippen LogP contribution in [-0.4, -0.2) is 7.11 Å². The Labute approximate surface area is 114 Å². The zero-order valence-corrected chi connectivity index (χ0v) is 11.4. The molecule has 0 aromatic heterocycles. The van der Waals surface area contributed by atoms with E-state index in [2.05, 4.69) is 15.9 Å². The smallest absolute Gasteiger partial charge is 0.129 e. The van der Waals surface area contributed by atoms with Crippen LogP contribution in [0.3, 0.4) is 0 Å². The fraction of sp³-hybridized carbons (Fsp3) is 0.143. The normalized spacial score (nSPS) is 12.2. The van der Waals surface area contributed by atoms with Gasteiger partial charge in [0.25, 0.3) is 0 Å². The molecule has 18 heavy (non-hydrogen) atoms. The standard InChI is InChI=1S/C14H13BrFNO/c1-18-12-8-3-2-5-9(12)14(17)13-10(15)6-4-7-11(13)16/h2-8,14H,17H2,1H3. The number of hydrogen-bond acceptors (Lipinski definition) is 2. The molecule has 2 N–H and O–H groups in total. The van der Waals surface area contributed by atoms with E-state index in [1.807, 2.05) is 24.3 Å². The Kier molecular flexibility index (Phi) is 3.99. The minimum atomic E-state index is -0.572. The van der Waals surface area contributed by atoms with Crippen molar-refractivity contribution in [1.82, 2.24) is 0 Å². The second-order valence-corrected chi connectivity index (χ2v) is 4.71. The maximum Gasteiger partial charge on any atom is 0.129 e. The third-order valence-corrected chi connectivity index (χ3v) is 3.48. The number of methoxy groups -OCH3 is 1. The molecular formula is C14H13BrFNO. The van der Waals surface area contributed by atoms with Gasteiger partial charge < -0.3 is 10.5 Å². The molecule has 2 aromatic carbocycles. The van der Waals surface area contributed by atoms with E-state index in [-0.39, 0.29) is 5.82 Å². The summed E-state index contributed by atoms with van der Waals surface area (Å²) in [7, 11) is 1.57. The van der Waals surface area contributed by atoms with E-state index in [1.165, 1.54) is 6.07 Å². The summed E-state index contributed by atoms with van der Waals surface area (Å²) >= 11 is 3.33. The van der Waals surface area contributed by atoms with Gasteiger partial charge in [0.15, 0.2) is 0 Å². The van der Waals surface area contributed by atoms with Crippen molar-refractivity contribution in [1.29, 1.82) is 0 Å². The summed E-state index contributed by atoms with van der Waals surface area (Å²) in [5, 5.41) is 0. The molecule has 94 valence electrons. The summed E-state index contributed by atoms with van der Waals surface area (Å²) in [5.41, 5.74) is 7.33. The van der Waals surface area contributed by atoms with Gasteiger partial charge in [-0.1, -0.05) is 40.2 Å². The van der Waals surface area contributed by atoms with Crippen molar-refractivity contribution in [2.24, 2.45) is 5.73 Å². The molecule has 0 aliphatic rings. The second-order valence-electron chi connectivity index (χ2n) is 3.85. The molecule has 0 spiro atoms. The van der Waals surface area contributed by atoms with Gasteiger partial charge in [0.1, 0.15) is 11.6 Å². The molecule has 0 aliphatic carbocycles. The third kappa shape index (κ3) is 2.40. The minimum absolute atomic E-state index is 0.331. The summed E-state index contributed by atoms with van der Waals surface area (Å²) in [6.45, 7) is 0. The SMILES string of the molecule is COc1ccccc1C(N)c1c(F)cccc1Br. The molecule has 0 saturated heterocycles. The molecule has 2 rings (SSSR count). The average molecular weight is 310 g/mol. The highest BCUT2D eigenvalue weighted by Crippen LogP contribution is 2.33. The first-order valence-electron chi connectivity index (χ1n) is 5.47. The van der Waals surface area contributed by atoms with Gasteiger partial charge in [0.2, 0.25) is 0 Å². The summed E-state index contributed by atoms with van der Waals surface area (Å²) in [6.07, 6.45) is 0. The molecule has 1 unspecified atom stereocenters. The second kappa shape index (κ2) is 5.50. The Morgan fingerprint density at radius 2 is 1.89 bits per heavy atom. The van der Waals surface area contributed by atoms with Crippen LogP contribution in [0.25, 0.3) is 0 Å². The van der Waals surface area contributed by atoms with E-state index in [0.717, 1.165) is 5.56 Å². The van der Waals surface area contributed by atoms with Crippen LogP contribution >= 0.6 is 15.9 Å².